The van der Waals surface area contributed by atoms with Crippen molar-refractivity contribution in [2.24, 2.45) is 0 Å². The first-order valence-corrected chi connectivity index (χ1v) is 12.9. The predicted octanol–water partition coefficient (Wildman–Crippen LogP) is 4.24. The molecular formula is C29H28N8O2. The summed E-state index contributed by atoms with van der Waals surface area (Å²) in [5, 5.41) is 24.2. The van der Waals surface area contributed by atoms with Crippen LogP contribution >= 0.6 is 0 Å². The van der Waals surface area contributed by atoms with Crippen molar-refractivity contribution in [1.29, 1.82) is 5.26 Å². The maximum Gasteiger partial charge on any atom is 0.323 e. The second kappa shape index (κ2) is 12.0. The number of aromatic amines is 1. The molecule has 0 aliphatic heterocycles. The number of carbonyl (C=O) groups is 1. The molecule has 10 nitrogen and oxygen atoms in total. The summed E-state index contributed by atoms with van der Waals surface area (Å²) in [5.74, 6) is 1.21. The number of nitrogens with one attached hydrogen (secondary N) is 3. The number of urea groups is 1. The van der Waals surface area contributed by atoms with Gasteiger partial charge in [0.15, 0.2) is 5.82 Å². The van der Waals surface area contributed by atoms with Crippen LogP contribution in [0.3, 0.4) is 0 Å². The molecule has 1 fully saturated rings. The second-order valence-electron chi connectivity index (χ2n) is 9.43. The molecule has 5 rings (SSSR count). The third-order valence-electron chi connectivity index (χ3n) is 6.79. The van der Waals surface area contributed by atoms with Gasteiger partial charge in [0.2, 0.25) is 5.56 Å². The van der Waals surface area contributed by atoms with E-state index in [1.54, 1.807) is 41.6 Å². The molecule has 1 aliphatic rings. The van der Waals surface area contributed by atoms with Crippen LogP contribution in [0.4, 0.5) is 16.4 Å². The maximum atomic E-state index is 13.5. The molecule has 0 bridgehead atoms. The third kappa shape index (κ3) is 6.45. The molecule has 1 saturated carbocycles. The van der Waals surface area contributed by atoms with E-state index in [9.17, 15) is 9.59 Å². The van der Waals surface area contributed by atoms with Gasteiger partial charge in [-0.3, -0.25) is 9.69 Å². The summed E-state index contributed by atoms with van der Waals surface area (Å²) in [7, 11) is 0. The molecule has 4 aromatic rings. The smallest absolute Gasteiger partial charge is 0.323 e. The lowest BCUT2D eigenvalue weighted by Crippen LogP contribution is -2.49. The fourth-order valence-corrected chi connectivity index (χ4v) is 4.73. The fourth-order valence-electron chi connectivity index (χ4n) is 4.73. The number of hydrogen-bond acceptors (Lipinski definition) is 7. The SMILES string of the molecule is N#Cc1ccc(NC2CCC(N(C(=O)NCc3ccccc3)c3ccc(-c4ccc(=O)[nH]c4)nn3)CC2)nc1. The Morgan fingerprint density at radius 3 is 2.46 bits per heavy atom. The van der Waals surface area contributed by atoms with Crippen molar-refractivity contribution in [3.63, 3.8) is 0 Å². The molecule has 0 radical (unpaired) electrons. The maximum absolute atomic E-state index is 13.5. The van der Waals surface area contributed by atoms with Gasteiger partial charge in [-0.15, -0.1) is 10.2 Å². The van der Waals surface area contributed by atoms with Crippen molar-refractivity contribution in [2.75, 3.05) is 10.2 Å². The van der Waals surface area contributed by atoms with Gasteiger partial charge in [0.1, 0.15) is 11.9 Å². The van der Waals surface area contributed by atoms with Gasteiger partial charge in [0.25, 0.3) is 0 Å². The standard InChI is InChI=1S/C29H28N8O2/c30-16-21-6-13-26(31-18-21)34-23-8-10-24(11-9-23)37(29(39)33-17-20-4-2-1-3-5-20)27-14-12-25(35-36-27)22-7-15-28(38)32-19-22/h1-7,12-15,18-19,23-24H,8-11,17H2,(H,31,34)(H,32,38)(H,33,39). The number of nitrogens with zero attached hydrogens (tertiary/aromatic N) is 5. The number of anilines is 2. The zero-order valence-corrected chi connectivity index (χ0v) is 21.2. The van der Waals surface area contributed by atoms with Crippen LogP contribution in [-0.4, -0.2) is 38.3 Å². The Bertz CT molecular complexity index is 1470. The molecule has 3 N–H and O–H groups in total. The number of H-pyrrole nitrogens is 1. The van der Waals surface area contributed by atoms with Crippen LogP contribution in [0.5, 0.6) is 0 Å². The van der Waals surface area contributed by atoms with Gasteiger partial charge >= 0.3 is 6.03 Å². The normalized spacial score (nSPS) is 16.6. The van der Waals surface area contributed by atoms with Gasteiger partial charge in [-0.2, -0.15) is 5.26 Å². The zero-order chi connectivity index (χ0) is 27.0. The average Bonchev–Trinajstić information content (AvgIpc) is 2.99. The van der Waals surface area contributed by atoms with E-state index in [2.05, 4.69) is 36.9 Å². The number of hydrogen-bond donors (Lipinski definition) is 3. The molecule has 0 atom stereocenters. The zero-order valence-electron chi connectivity index (χ0n) is 21.2. The summed E-state index contributed by atoms with van der Waals surface area (Å²) in [4.78, 5) is 33.6. The fraction of sp³-hybridized carbons (Fsp3) is 0.241. The number of carbonyl (C=O) groups excluding carboxylic acids is 1. The highest BCUT2D eigenvalue weighted by Gasteiger charge is 2.31. The summed E-state index contributed by atoms with van der Waals surface area (Å²) in [5.41, 5.74) is 2.67. The van der Waals surface area contributed by atoms with Crippen molar-refractivity contribution >= 4 is 17.7 Å². The Kier molecular flexibility index (Phi) is 7.88. The summed E-state index contributed by atoms with van der Waals surface area (Å²) >= 11 is 0. The van der Waals surface area contributed by atoms with E-state index in [4.69, 9.17) is 5.26 Å². The van der Waals surface area contributed by atoms with Crippen molar-refractivity contribution in [1.82, 2.24) is 25.5 Å². The van der Waals surface area contributed by atoms with Crippen LogP contribution < -0.4 is 21.1 Å². The van der Waals surface area contributed by atoms with E-state index < -0.39 is 0 Å². The van der Waals surface area contributed by atoms with Gasteiger partial charge in [0.05, 0.1) is 11.3 Å². The van der Waals surface area contributed by atoms with Gasteiger partial charge in [-0.1, -0.05) is 30.3 Å². The van der Waals surface area contributed by atoms with Crippen LogP contribution in [0.25, 0.3) is 11.3 Å². The van der Waals surface area contributed by atoms with Crippen LogP contribution in [-0.2, 0) is 6.54 Å². The molecule has 0 saturated heterocycles. The highest BCUT2D eigenvalue weighted by molar-refractivity contribution is 5.91. The molecule has 2 amide bonds. The van der Waals surface area contributed by atoms with Crippen molar-refractivity contribution in [2.45, 2.75) is 44.3 Å². The highest BCUT2D eigenvalue weighted by Crippen LogP contribution is 2.29. The largest absolute Gasteiger partial charge is 0.367 e. The van der Waals surface area contributed by atoms with Crippen molar-refractivity contribution in [3.8, 4) is 17.3 Å². The van der Waals surface area contributed by atoms with E-state index in [1.807, 2.05) is 36.4 Å². The highest BCUT2D eigenvalue weighted by atomic mass is 16.2. The lowest BCUT2D eigenvalue weighted by molar-refractivity contribution is 0.240. The first-order valence-electron chi connectivity index (χ1n) is 12.9. The summed E-state index contributed by atoms with van der Waals surface area (Å²) in [6.07, 6.45) is 6.39. The monoisotopic (exact) mass is 520 g/mol. The minimum absolute atomic E-state index is 0.0547. The van der Waals surface area contributed by atoms with Crippen LogP contribution in [0.15, 0.2) is 83.9 Å². The van der Waals surface area contributed by atoms with Gasteiger partial charge in [-0.05, 0) is 61.6 Å². The van der Waals surface area contributed by atoms with Crippen LogP contribution in [0.2, 0.25) is 0 Å². The Morgan fingerprint density at radius 1 is 1.00 bits per heavy atom. The van der Waals surface area contributed by atoms with E-state index in [1.165, 1.54) is 6.07 Å². The van der Waals surface area contributed by atoms with Crippen LogP contribution in [0.1, 0.15) is 36.8 Å². The molecule has 39 heavy (non-hydrogen) atoms. The van der Waals surface area contributed by atoms with E-state index in [-0.39, 0.29) is 23.7 Å². The average molecular weight is 521 g/mol. The molecule has 1 aromatic carbocycles. The number of amides is 2. The third-order valence-corrected chi connectivity index (χ3v) is 6.79. The number of benzene rings is 1. The van der Waals surface area contributed by atoms with Crippen molar-refractivity contribution in [3.05, 3.63) is 101 Å². The van der Waals surface area contributed by atoms with E-state index in [0.29, 0.717) is 23.6 Å². The molecule has 0 spiro atoms. The van der Waals surface area contributed by atoms with Crippen molar-refractivity contribution < 1.29 is 4.79 Å². The Morgan fingerprint density at radius 2 is 1.82 bits per heavy atom. The first-order chi connectivity index (χ1) is 19.1. The predicted molar refractivity (Wildman–Crippen MR) is 148 cm³/mol. The molecular weight excluding hydrogens is 492 g/mol. The molecule has 3 heterocycles. The minimum Gasteiger partial charge on any atom is -0.367 e. The number of aromatic nitrogens is 4. The molecule has 3 aromatic heterocycles. The van der Waals surface area contributed by atoms with Gasteiger partial charge in [-0.25, -0.2) is 9.78 Å². The second-order valence-corrected chi connectivity index (χ2v) is 9.43. The number of nitriles is 1. The Labute approximate surface area is 225 Å². The van der Waals surface area contributed by atoms with Crippen LogP contribution in [0, 0.1) is 11.3 Å². The molecule has 10 heteroatoms. The number of rotatable bonds is 7. The molecule has 196 valence electrons. The summed E-state index contributed by atoms with van der Waals surface area (Å²) < 4.78 is 0. The molecule has 0 unspecified atom stereocenters. The lowest BCUT2D eigenvalue weighted by Gasteiger charge is -2.36. The van der Waals surface area contributed by atoms with Gasteiger partial charge in [0, 0.05) is 42.7 Å². The summed E-state index contributed by atoms with van der Waals surface area (Å²) in [6, 6.07) is 22.1. The van der Waals surface area contributed by atoms with E-state index >= 15 is 0 Å². The summed E-state index contributed by atoms with van der Waals surface area (Å²) in [6.45, 7) is 0.403. The molecule has 1 aliphatic carbocycles. The topological polar surface area (TPSA) is 140 Å². The van der Waals surface area contributed by atoms with Gasteiger partial charge < -0.3 is 15.6 Å². The lowest BCUT2D eigenvalue weighted by atomic mass is 9.90. The minimum atomic E-state index is -0.227. The first kappa shape index (κ1) is 25.6. The Hall–Kier alpha value is -5.04. The Balaban J connectivity index is 1.30. The quantitative estimate of drug-likeness (QED) is 0.331. The number of pyridine rings is 2. The van der Waals surface area contributed by atoms with E-state index in [0.717, 1.165) is 42.6 Å².